The third-order valence-electron chi connectivity index (χ3n) is 2.46. The van der Waals surface area contributed by atoms with Crippen molar-refractivity contribution in [2.24, 2.45) is 0 Å². The minimum Gasteiger partial charge on any atom is -0.120 e. The molecule has 0 bridgehead atoms. The lowest BCUT2D eigenvalue weighted by Crippen LogP contribution is -1.84. The summed E-state index contributed by atoms with van der Waals surface area (Å²) < 4.78 is 0. The number of rotatable bonds is 2. The molecule has 0 aliphatic rings. The van der Waals surface area contributed by atoms with Crippen molar-refractivity contribution in [2.75, 3.05) is 0 Å². The smallest absolute Gasteiger partial charge is 0.00297 e. The average molecular weight is 307 g/mol. The summed E-state index contributed by atoms with van der Waals surface area (Å²) in [5.74, 6) is 2.25. The van der Waals surface area contributed by atoms with Crippen LogP contribution >= 0.6 is 0 Å². The van der Waals surface area contributed by atoms with Gasteiger partial charge in [0.1, 0.15) is 0 Å². The van der Waals surface area contributed by atoms with Crippen LogP contribution in [0.2, 0.25) is 0 Å². The number of hydrogen-bond donors (Lipinski definition) is 0. The summed E-state index contributed by atoms with van der Waals surface area (Å²) in [4.78, 5) is 0. The predicted molar refractivity (Wildman–Crippen MR) is 112 cm³/mol. The van der Waals surface area contributed by atoms with Crippen LogP contribution < -0.4 is 0 Å². The van der Waals surface area contributed by atoms with Gasteiger partial charge in [0.15, 0.2) is 0 Å². The van der Waals surface area contributed by atoms with Gasteiger partial charge in [-0.25, -0.2) is 0 Å². The Balaban J connectivity index is -0.0000000742. The van der Waals surface area contributed by atoms with Crippen LogP contribution in [0.25, 0.3) is 5.57 Å². The Hall–Kier alpha value is -1.74. The lowest BCUT2D eigenvalue weighted by atomic mass is 10.0. The van der Waals surface area contributed by atoms with Crippen molar-refractivity contribution in [1.82, 2.24) is 0 Å². The molecule has 0 heteroatoms. The third kappa shape index (κ3) is 14.7. The SMILES string of the molecule is C.C.C.C.C.C#CC.C/C=C\C(C)=C(/C)c1cccc(C)c1. The molecule has 1 rings (SSSR count). The van der Waals surface area contributed by atoms with Crippen LogP contribution in [-0.4, -0.2) is 0 Å². The summed E-state index contributed by atoms with van der Waals surface area (Å²) in [5.41, 5.74) is 5.32. The number of allylic oxidation sites excluding steroid dienone is 4. The zero-order chi connectivity index (χ0) is 13.3. The maximum atomic E-state index is 4.60. The molecule has 0 heterocycles. The van der Waals surface area contributed by atoms with E-state index in [1.165, 1.54) is 22.3 Å². The van der Waals surface area contributed by atoms with Gasteiger partial charge in [0.05, 0.1) is 0 Å². The van der Waals surface area contributed by atoms with E-state index in [0.717, 1.165) is 0 Å². The summed E-state index contributed by atoms with van der Waals surface area (Å²) in [7, 11) is 0. The second kappa shape index (κ2) is 21.6. The highest BCUT2D eigenvalue weighted by Crippen LogP contribution is 2.19. The van der Waals surface area contributed by atoms with Crippen molar-refractivity contribution in [1.29, 1.82) is 0 Å². The molecule has 1 aromatic carbocycles. The Morgan fingerprint density at radius 1 is 1.05 bits per heavy atom. The highest BCUT2D eigenvalue weighted by atomic mass is 14.0. The summed E-state index contributed by atoms with van der Waals surface area (Å²) in [6.45, 7) is 10.1. The molecular formula is C22H42. The van der Waals surface area contributed by atoms with Gasteiger partial charge in [-0.1, -0.05) is 79.1 Å². The first-order valence-corrected chi connectivity index (χ1v) is 5.81. The second-order valence-electron chi connectivity index (χ2n) is 3.97. The Morgan fingerprint density at radius 3 is 1.86 bits per heavy atom. The van der Waals surface area contributed by atoms with Gasteiger partial charge >= 0.3 is 0 Å². The molecular weight excluding hydrogens is 264 g/mol. The Labute approximate surface area is 143 Å². The van der Waals surface area contributed by atoms with Gasteiger partial charge in [-0.15, -0.1) is 12.3 Å². The van der Waals surface area contributed by atoms with E-state index in [-0.39, 0.29) is 37.1 Å². The average Bonchev–Trinajstić information content (AvgIpc) is 2.29. The monoisotopic (exact) mass is 306 g/mol. The largest absolute Gasteiger partial charge is 0.120 e. The number of aryl methyl sites for hydroxylation is 1. The normalized spacial score (nSPS) is 8.73. The van der Waals surface area contributed by atoms with Crippen molar-refractivity contribution in [3.05, 3.63) is 53.1 Å². The molecule has 0 fully saturated rings. The minimum absolute atomic E-state index is 0. The molecule has 0 amide bonds. The number of terminal acetylenes is 1. The molecule has 0 nitrogen and oxygen atoms in total. The molecule has 1 aromatic rings. The van der Waals surface area contributed by atoms with Crippen LogP contribution in [0.3, 0.4) is 0 Å². The molecule has 0 aliphatic carbocycles. The molecule has 130 valence electrons. The van der Waals surface area contributed by atoms with Crippen LogP contribution in [0, 0.1) is 19.3 Å². The first kappa shape index (κ1) is 37.0. The fourth-order valence-corrected chi connectivity index (χ4v) is 1.48. The standard InChI is InChI=1S/C14H18.C3H4.5CH4/c1-5-7-12(3)13(4)14-9-6-8-11(2)10-14;1-3-2;;;;;/h5-10H,1-4H3;1H,2H3;5*1H4/b7-5-,13-12+;;;;;;. The molecule has 0 aliphatic heterocycles. The van der Waals surface area contributed by atoms with Gasteiger partial charge in [0.25, 0.3) is 0 Å². The molecule has 22 heavy (non-hydrogen) atoms. The molecule has 0 saturated heterocycles. The quantitative estimate of drug-likeness (QED) is 0.381. The van der Waals surface area contributed by atoms with E-state index in [9.17, 15) is 0 Å². The maximum Gasteiger partial charge on any atom is -0.00297 e. The fourth-order valence-electron chi connectivity index (χ4n) is 1.48. The van der Waals surface area contributed by atoms with E-state index in [1.54, 1.807) is 6.92 Å². The molecule has 0 aromatic heterocycles. The first-order valence-electron chi connectivity index (χ1n) is 5.81. The third-order valence-corrected chi connectivity index (χ3v) is 2.46. The molecule has 0 saturated carbocycles. The zero-order valence-electron chi connectivity index (χ0n) is 11.5. The van der Waals surface area contributed by atoms with Crippen LogP contribution in [-0.2, 0) is 0 Å². The van der Waals surface area contributed by atoms with E-state index in [2.05, 4.69) is 69.5 Å². The van der Waals surface area contributed by atoms with E-state index < -0.39 is 0 Å². The first-order chi connectivity index (χ1) is 8.06. The highest BCUT2D eigenvalue weighted by molar-refractivity contribution is 5.69. The summed E-state index contributed by atoms with van der Waals surface area (Å²) in [5, 5.41) is 0. The number of benzene rings is 1. The molecule has 0 radical (unpaired) electrons. The van der Waals surface area contributed by atoms with Crippen LogP contribution in [0.1, 0.15) is 76.0 Å². The van der Waals surface area contributed by atoms with Crippen molar-refractivity contribution >= 4 is 5.57 Å². The molecule has 0 unspecified atom stereocenters. The van der Waals surface area contributed by atoms with Crippen LogP contribution in [0.5, 0.6) is 0 Å². The minimum atomic E-state index is 0. The number of hydrogen-bond acceptors (Lipinski definition) is 0. The topological polar surface area (TPSA) is 0 Å². The lowest BCUT2D eigenvalue weighted by molar-refractivity contribution is 1.40. The van der Waals surface area contributed by atoms with Gasteiger partial charge in [-0.05, 0) is 51.3 Å². The maximum absolute atomic E-state index is 4.60. The van der Waals surface area contributed by atoms with E-state index in [4.69, 9.17) is 0 Å². The van der Waals surface area contributed by atoms with Gasteiger partial charge in [-0.2, -0.15) is 0 Å². The molecule has 0 spiro atoms. The van der Waals surface area contributed by atoms with Crippen LogP contribution in [0.15, 0.2) is 42.0 Å². The Morgan fingerprint density at radius 2 is 1.50 bits per heavy atom. The van der Waals surface area contributed by atoms with Crippen molar-refractivity contribution in [3.63, 3.8) is 0 Å². The summed E-state index contributed by atoms with van der Waals surface area (Å²) in [6, 6.07) is 8.62. The summed E-state index contributed by atoms with van der Waals surface area (Å²) in [6.07, 6.45) is 8.83. The predicted octanol–water partition coefficient (Wildman–Crippen LogP) is 8.18. The van der Waals surface area contributed by atoms with Crippen molar-refractivity contribution in [3.8, 4) is 12.3 Å². The molecule has 0 N–H and O–H groups in total. The van der Waals surface area contributed by atoms with E-state index in [1.807, 2.05) is 6.92 Å². The van der Waals surface area contributed by atoms with Crippen LogP contribution in [0.4, 0.5) is 0 Å². The van der Waals surface area contributed by atoms with Gasteiger partial charge in [0.2, 0.25) is 0 Å². The summed E-state index contributed by atoms with van der Waals surface area (Å²) >= 11 is 0. The molecule has 0 atom stereocenters. The second-order valence-corrected chi connectivity index (χ2v) is 3.97. The Bertz CT molecular complexity index is 439. The Kier molecular flexibility index (Phi) is 36.2. The highest BCUT2D eigenvalue weighted by Gasteiger charge is 1.97. The van der Waals surface area contributed by atoms with Gasteiger partial charge in [0, 0.05) is 0 Å². The van der Waals surface area contributed by atoms with Gasteiger partial charge < -0.3 is 0 Å². The van der Waals surface area contributed by atoms with E-state index >= 15 is 0 Å². The lowest BCUT2D eigenvalue weighted by Gasteiger charge is -2.05. The van der Waals surface area contributed by atoms with E-state index in [0.29, 0.717) is 0 Å². The fraction of sp³-hybridized carbons (Fsp3) is 0.455. The zero-order valence-corrected chi connectivity index (χ0v) is 11.5. The van der Waals surface area contributed by atoms with Gasteiger partial charge in [-0.3, -0.25) is 0 Å². The van der Waals surface area contributed by atoms with Crippen molar-refractivity contribution in [2.45, 2.75) is 71.8 Å². The van der Waals surface area contributed by atoms with Crippen molar-refractivity contribution < 1.29 is 0 Å².